The molecule has 0 radical (unpaired) electrons. The Kier molecular flexibility index (Phi) is 5.87. The largest absolute Gasteiger partial charge is 0.405 e. The molecule has 1 aromatic carbocycles. The second-order valence-corrected chi connectivity index (χ2v) is 3.86. The van der Waals surface area contributed by atoms with Gasteiger partial charge in [0.25, 0.3) is 0 Å². The number of rotatable bonds is 3. The zero-order chi connectivity index (χ0) is 15.0. The van der Waals surface area contributed by atoms with E-state index in [9.17, 15) is 18.0 Å². The zero-order valence-corrected chi connectivity index (χ0v) is 10.6. The Morgan fingerprint density at radius 3 is 2.70 bits per heavy atom. The molecule has 0 aliphatic rings. The third-order valence-corrected chi connectivity index (χ3v) is 2.16. The van der Waals surface area contributed by atoms with E-state index in [1.165, 1.54) is 0 Å². The van der Waals surface area contributed by atoms with Crippen LogP contribution in [0, 0.1) is 11.8 Å². The number of halogens is 3. The number of hydrogen-bond acceptors (Lipinski definition) is 2. The van der Waals surface area contributed by atoms with Crippen molar-refractivity contribution in [3.63, 3.8) is 0 Å². The minimum atomic E-state index is -4.42. The standard InChI is InChI=1S/C13H14F3N3O/c14-13(15,16)9-19-12(20)18-8-11-4-1-3-10(7-11)5-2-6-17/h1,3-4,7H,6,8-9,17H2,(H2,18,19,20). The number of hydrogen-bond donors (Lipinski definition) is 3. The van der Waals surface area contributed by atoms with Crippen LogP contribution in [-0.4, -0.2) is 25.3 Å². The molecule has 0 aliphatic heterocycles. The van der Waals surface area contributed by atoms with Gasteiger partial charge in [-0.2, -0.15) is 13.2 Å². The van der Waals surface area contributed by atoms with Crippen LogP contribution in [0.25, 0.3) is 0 Å². The van der Waals surface area contributed by atoms with Crippen LogP contribution in [0.2, 0.25) is 0 Å². The third-order valence-electron chi connectivity index (χ3n) is 2.16. The summed E-state index contributed by atoms with van der Waals surface area (Å²) in [5, 5.41) is 4.05. The summed E-state index contributed by atoms with van der Waals surface area (Å²) < 4.78 is 35.6. The Morgan fingerprint density at radius 2 is 2.05 bits per heavy atom. The quantitative estimate of drug-likeness (QED) is 0.734. The van der Waals surface area contributed by atoms with Crippen LogP contribution < -0.4 is 16.4 Å². The van der Waals surface area contributed by atoms with E-state index in [1.807, 2.05) is 0 Å². The van der Waals surface area contributed by atoms with Crippen LogP contribution in [-0.2, 0) is 6.54 Å². The van der Waals surface area contributed by atoms with Gasteiger partial charge in [-0.15, -0.1) is 0 Å². The molecule has 1 rings (SSSR count). The summed E-state index contributed by atoms with van der Waals surface area (Å²) in [6, 6.07) is 6.10. The number of nitrogens with one attached hydrogen (secondary N) is 2. The van der Waals surface area contributed by atoms with E-state index >= 15 is 0 Å². The fraction of sp³-hybridized carbons (Fsp3) is 0.308. The van der Waals surface area contributed by atoms with Gasteiger partial charge in [-0.3, -0.25) is 0 Å². The second-order valence-electron chi connectivity index (χ2n) is 3.86. The molecule has 0 aliphatic carbocycles. The molecule has 0 atom stereocenters. The average Bonchev–Trinajstić information content (AvgIpc) is 2.40. The highest BCUT2D eigenvalue weighted by Crippen LogP contribution is 2.12. The maximum atomic E-state index is 11.9. The fourth-order valence-corrected chi connectivity index (χ4v) is 1.34. The zero-order valence-electron chi connectivity index (χ0n) is 10.6. The summed E-state index contributed by atoms with van der Waals surface area (Å²) >= 11 is 0. The van der Waals surface area contributed by atoms with E-state index in [-0.39, 0.29) is 13.1 Å². The lowest BCUT2D eigenvalue weighted by Gasteiger charge is -2.09. The predicted molar refractivity (Wildman–Crippen MR) is 68.7 cm³/mol. The molecule has 0 fully saturated rings. The van der Waals surface area contributed by atoms with E-state index in [0.29, 0.717) is 0 Å². The van der Waals surface area contributed by atoms with Crippen molar-refractivity contribution in [3.8, 4) is 11.8 Å². The Balaban J connectivity index is 2.47. The van der Waals surface area contributed by atoms with Crippen molar-refractivity contribution in [2.75, 3.05) is 13.1 Å². The van der Waals surface area contributed by atoms with E-state index in [2.05, 4.69) is 17.2 Å². The van der Waals surface area contributed by atoms with Crippen molar-refractivity contribution in [1.82, 2.24) is 10.6 Å². The van der Waals surface area contributed by atoms with Crippen LogP contribution in [0.5, 0.6) is 0 Å². The van der Waals surface area contributed by atoms with Crippen molar-refractivity contribution in [1.29, 1.82) is 0 Å². The van der Waals surface area contributed by atoms with Crippen LogP contribution in [0.3, 0.4) is 0 Å². The number of carbonyl (C=O) groups is 1. The van der Waals surface area contributed by atoms with Gasteiger partial charge in [-0.1, -0.05) is 24.0 Å². The molecule has 0 bridgehead atoms. The average molecular weight is 285 g/mol. The molecular weight excluding hydrogens is 271 g/mol. The fourth-order valence-electron chi connectivity index (χ4n) is 1.34. The first-order valence-corrected chi connectivity index (χ1v) is 5.77. The highest BCUT2D eigenvalue weighted by Gasteiger charge is 2.27. The first-order chi connectivity index (χ1) is 9.40. The van der Waals surface area contributed by atoms with Crippen molar-refractivity contribution >= 4 is 6.03 Å². The van der Waals surface area contributed by atoms with Gasteiger partial charge in [0, 0.05) is 12.1 Å². The van der Waals surface area contributed by atoms with Gasteiger partial charge >= 0.3 is 12.2 Å². The van der Waals surface area contributed by atoms with Crippen LogP contribution in [0.4, 0.5) is 18.0 Å². The van der Waals surface area contributed by atoms with Gasteiger partial charge in [0.1, 0.15) is 6.54 Å². The lowest BCUT2D eigenvalue weighted by molar-refractivity contribution is -0.122. The molecular formula is C13H14F3N3O. The van der Waals surface area contributed by atoms with Crippen molar-refractivity contribution in [2.24, 2.45) is 5.73 Å². The summed E-state index contributed by atoms with van der Waals surface area (Å²) in [4.78, 5) is 11.2. The van der Waals surface area contributed by atoms with Gasteiger partial charge in [0.05, 0.1) is 6.54 Å². The molecule has 7 heteroatoms. The van der Waals surface area contributed by atoms with Gasteiger partial charge in [-0.05, 0) is 17.7 Å². The molecule has 2 amide bonds. The van der Waals surface area contributed by atoms with Crippen LogP contribution >= 0.6 is 0 Å². The highest BCUT2D eigenvalue weighted by molar-refractivity contribution is 5.73. The number of carbonyl (C=O) groups excluding carboxylic acids is 1. The molecule has 20 heavy (non-hydrogen) atoms. The summed E-state index contributed by atoms with van der Waals surface area (Å²) in [7, 11) is 0. The Hall–Kier alpha value is -2.20. The lowest BCUT2D eigenvalue weighted by Crippen LogP contribution is -2.40. The minimum Gasteiger partial charge on any atom is -0.334 e. The maximum Gasteiger partial charge on any atom is 0.405 e. The van der Waals surface area contributed by atoms with Gasteiger partial charge in [-0.25, -0.2) is 4.79 Å². The van der Waals surface area contributed by atoms with Gasteiger partial charge in [0.15, 0.2) is 0 Å². The number of benzene rings is 1. The first-order valence-electron chi connectivity index (χ1n) is 5.77. The summed E-state index contributed by atoms with van der Waals surface area (Å²) in [6.07, 6.45) is -4.42. The number of nitrogens with two attached hydrogens (primary N) is 1. The summed E-state index contributed by atoms with van der Waals surface area (Å²) in [5.41, 5.74) is 6.71. The van der Waals surface area contributed by atoms with E-state index < -0.39 is 18.8 Å². The normalized spacial score (nSPS) is 10.4. The Bertz CT molecular complexity index is 518. The van der Waals surface area contributed by atoms with E-state index in [0.717, 1.165) is 11.1 Å². The Labute approximate surface area is 114 Å². The van der Waals surface area contributed by atoms with Crippen molar-refractivity contribution in [2.45, 2.75) is 12.7 Å². The number of urea groups is 1. The number of alkyl halides is 3. The maximum absolute atomic E-state index is 11.9. The van der Waals surface area contributed by atoms with E-state index in [4.69, 9.17) is 5.73 Å². The molecule has 0 aromatic heterocycles. The van der Waals surface area contributed by atoms with E-state index in [1.54, 1.807) is 29.6 Å². The lowest BCUT2D eigenvalue weighted by atomic mass is 10.1. The minimum absolute atomic E-state index is 0.113. The van der Waals surface area contributed by atoms with Crippen molar-refractivity contribution in [3.05, 3.63) is 35.4 Å². The molecule has 4 N–H and O–H groups in total. The molecule has 0 saturated carbocycles. The molecule has 0 spiro atoms. The molecule has 0 heterocycles. The summed E-state index contributed by atoms with van der Waals surface area (Å²) in [6.45, 7) is -1.01. The van der Waals surface area contributed by atoms with Gasteiger partial charge in [0.2, 0.25) is 0 Å². The second kappa shape index (κ2) is 7.40. The topological polar surface area (TPSA) is 67.1 Å². The smallest absolute Gasteiger partial charge is 0.334 e. The molecule has 0 saturated heterocycles. The van der Waals surface area contributed by atoms with Crippen LogP contribution in [0.1, 0.15) is 11.1 Å². The molecule has 108 valence electrons. The molecule has 0 unspecified atom stereocenters. The third kappa shape index (κ3) is 6.66. The monoisotopic (exact) mass is 285 g/mol. The number of amides is 2. The highest BCUT2D eigenvalue weighted by atomic mass is 19.4. The first kappa shape index (κ1) is 15.9. The SMILES string of the molecule is NCC#Cc1cccc(CNC(=O)NCC(F)(F)F)c1. The molecule has 4 nitrogen and oxygen atoms in total. The Morgan fingerprint density at radius 1 is 1.30 bits per heavy atom. The van der Waals surface area contributed by atoms with Crippen LogP contribution in [0.15, 0.2) is 24.3 Å². The van der Waals surface area contributed by atoms with Crippen molar-refractivity contribution < 1.29 is 18.0 Å². The van der Waals surface area contributed by atoms with Gasteiger partial charge < -0.3 is 16.4 Å². The predicted octanol–water partition coefficient (Wildman–Crippen LogP) is 1.36. The molecule has 1 aromatic rings. The summed E-state index contributed by atoms with van der Waals surface area (Å²) in [5.74, 6) is 5.51.